The average Bonchev–Trinajstić information content (AvgIpc) is 2.68. The van der Waals surface area contributed by atoms with Gasteiger partial charge in [-0.25, -0.2) is 0 Å². The van der Waals surface area contributed by atoms with E-state index in [1.165, 1.54) is 44.9 Å². The summed E-state index contributed by atoms with van der Waals surface area (Å²) in [6.45, 7) is 3.93. The topological polar surface area (TPSA) is 30.5 Å². The minimum Gasteiger partial charge on any atom is -0.490 e. The van der Waals surface area contributed by atoms with Gasteiger partial charge in [-0.1, -0.05) is 68.0 Å². The van der Waals surface area contributed by atoms with Gasteiger partial charge in [-0.05, 0) is 43.5 Å². The fourth-order valence-corrected chi connectivity index (χ4v) is 3.91. The molecule has 2 aromatic rings. The summed E-state index contributed by atoms with van der Waals surface area (Å²) < 4.78 is 12.1. The number of hydrogen-bond donors (Lipinski definition) is 1. The van der Waals surface area contributed by atoms with Crippen molar-refractivity contribution in [1.29, 1.82) is 0 Å². The van der Waals surface area contributed by atoms with Crippen molar-refractivity contribution in [1.82, 2.24) is 5.32 Å². The summed E-state index contributed by atoms with van der Waals surface area (Å²) in [5.74, 6) is 1.66. The second kappa shape index (κ2) is 11.3. The van der Waals surface area contributed by atoms with Crippen molar-refractivity contribution in [3.05, 3.63) is 58.6 Å². The summed E-state index contributed by atoms with van der Waals surface area (Å²) in [5, 5.41) is 4.51. The molecule has 1 aliphatic rings. The lowest BCUT2D eigenvalue weighted by Gasteiger charge is -2.22. The highest BCUT2D eigenvalue weighted by atomic mass is 35.5. The molecule has 1 fully saturated rings. The molecule has 0 unspecified atom stereocenters. The van der Waals surface area contributed by atoms with E-state index < -0.39 is 0 Å². The zero-order valence-electron chi connectivity index (χ0n) is 16.9. The third-order valence-electron chi connectivity index (χ3n) is 5.34. The molecule has 1 aliphatic carbocycles. The van der Waals surface area contributed by atoms with E-state index in [-0.39, 0.29) is 0 Å². The molecule has 28 heavy (non-hydrogen) atoms. The van der Waals surface area contributed by atoms with E-state index in [1.807, 2.05) is 37.3 Å². The molecule has 1 saturated carbocycles. The van der Waals surface area contributed by atoms with Gasteiger partial charge < -0.3 is 14.8 Å². The Morgan fingerprint density at radius 2 is 1.64 bits per heavy atom. The van der Waals surface area contributed by atoms with Crippen LogP contribution < -0.4 is 14.8 Å². The summed E-state index contributed by atoms with van der Waals surface area (Å²) in [4.78, 5) is 0. The van der Waals surface area contributed by atoms with E-state index in [9.17, 15) is 0 Å². The molecule has 3 nitrogen and oxygen atoms in total. The van der Waals surface area contributed by atoms with E-state index in [1.54, 1.807) is 0 Å². The molecule has 0 saturated heterocycles. The highest BCUT2D eigenvalue weighted by Gasteiger charge is 2.15. The standard InChI is InChI=1S/C24H32ClNO2/c1-2-27-23-12-8-9-20(17-26-22-10-6-4-3-5-7-11-22)24(23)28-18-19-13-15-21(25)16-14-19/h8-9,12-16,22,26H,2-7,10-11,17-18H2,1H3. The smallest absolute Gasteiger partial charge is 0.166 e. The van der Waals surface area contributed by atoms with Gasteiger partial charge in [0.05, 0.1) is 6.61 Å². The Morgan fingerprint density at radius 3 is 2.36 bits per heavy atom. The first-order valence-electron chi connectivity index (χ1n) is 10.6. The molecule has 0 atom stereocenters. The van der Waals surface area contributed by atoms with Gasteiger partial charge in [0.1, 0.15) is 6.61 Å². The summed E-state index contributed by atoms with van der Waals surface area (Å²) in [7, 11) is 0. The van der Waals surface area contributed by atoms with Gasteiger partial charge in [0.2, 0.25) is 0 Å². The molecule has 0 aliphatic heterocycles. The molecule has 0 spiro atoms. The predicted octanol–water partition coefficient (Wildman–Crippen LogP) is 6.52. The summed E-state index contributed by atoms with van der Waals surface area (Å²) in [6, 6.07) is 14.6. The van der Waals surface area contributed by atoms with Gasteiger partial charge in [0, 0.05) is 23.2 Å². The summed E-state index contributed by atoms with van der Waals surface area (Å²) in [6.07, 6.45) is 9.33. The molecule has 0 heterocycles. The van der Waals surface area contributed by atoms with Crippen LogP contribution in [-0.4, -0.2) is 12.6 Å². The van der Waals surface area contributed by atoms with Gasteiger partial charge in [-0.3, -0.25) is 0 Å². The van der Waals surface area contributed by atoms with E-state index >= 15 is 0 Å². The van der Waals surface area contributed by atoms with Crippen molar-refractivity contribution in [3.8, 4) is 11.5 Å². The molecule has 4 heteroatoms. The lowest BCUT2D eigenvalue weighted by atomic mass is 9.96. The van der Waals surface area contributed by atoms with Crippen molar-refractivity contribution < 1.29 is 9.47 Å². The highest BCUT2D eigenvalue weighted by molar-refractivity contribution is 6.30. The van der Waals surface area contributed by atoms with Crippen LogP contribution in [0.15, 0.2) is 42.5 Å². The Bertz CT molecular complexity index is 709. The lowest BCUT2D eigenvalue weighted by Crippen LogP contribution is -2.29. The molecule has 0 aromatic heterocycles. The first kappa shape index (κ1) is 21.0. The molecule has 1 N–H and O–H groups in total. The largest absolute Gasteiger partial charge is 0.490 e. The summed E-state index contributed by atoms with van der Waals surface area (Å²) in [5.41, 5.74) is 2.25. The normalized spacial score (nSPS) is 15.6. The Balaban J connectivity index is 1.68. The van der Waals surface area contributed by atoms with Crippen LogP contribution in [0, 0.1) is 0 Å². The minimum atomic E-state index is 0.498. The van der Waals surface area contributed by atoms with Crippen molar-refractivity contribution in [2.45, 2.75) is 71.1 Å². The Kier molecular flexibility index (Phi) is 8.50. The maximum Gasteiger partial charge on any atom is 0.166 e. The van der Waals surface area contributed by atoms with Crippen molar-refractivity contribution in [2.24, 2.45) is 0 Å². The summed E-state index contributed by atoms with van der Waals surface area (Å²) >= 11 is 5.99. The first-order valence-corrected chi connectivity index (χ1v) is 11.0. The van der Waals surface area contributed by atoms with Crippen LogP contribution in [0.5, 0.6) is 11.5 Å². The molecule has 0 amide bonds. The van der Waals surface area contributed by atoms with Crippen LogP contribution in [0.3, 0.4) is 0 Å². The van der Waals surface area contributed by atoms with Crippen LogP contribution in [-0.2, 0) is 13.2 Å². The number of ether oxygens (including phenoxy) is 2. The second-order valence-corrected chi connectivity index (χ2v) is 7.95. The zero-order chi connectivity index (χ0) is 19.6. The minimum absolute atomic E-state index is 0.498. The van der Waals surface area contributed by atoms with Crippen LogP contribution in [0.4, 0.5) is 0 Å². The van der Waals surface area contributed by atoms with Gasteiger partial charge >= 0.3 is 0 Å². The fourth-order valence-electron chi connectivity index (χ4n) is 3.78. The monoisotopic (exact) mass is 401 g/mol. The second-order valence-electron chi connectivity index (χ2n) is 7.52. The van der Waals surface area contributed by atoms with E-state index in [4.69, 9.17) is 21.1 Å². The van der Waals surface area contributed by atoms with E-state index in [0.29, 0.717) is 19.3 Å². The molecule has 152 valence electrons. The number of halogens is 1. The van der Waals surface area contributed by atoms with Crippen molar-refractivity contribution >= 4 is 11.6 Å². The van der Waals surface area contributed by atoms with E-state index in [2.05, 4.69) is 17.4 Å². The zero-order valence-corrected chi connectivity index (χ0v) is 17.6. The maximum atomic E-state index is 6.22. The number of para-hydroxylation sites is 1. The Labute approximate surface area is 174 Å². The third kappa shape index (κ3) is 6.42. The Hall–Kier alpha value is -1.71. The van der Waals surface area contributed by atoms with E-state index in [0.717, 1.165) is 34.2 Å². The van der Waals surface area contributed by atoms with Crippen LogP contribution >= 0.6 is 11.6 Å². The van der Waals surface area contributed by atoms with Crippen LogP contribution in [0.1, 0.15) is 63.0 Å². The average molecular weight is 402 g/mol. The third-order valence-corrected chi connectivity index (χ3v) is 5.60. The Morgan fingerprint density at radius 1 is 0.929 bits per heavy atom. The molecular formula is C24H32ClNO2. The number of hydrogen-bond acceptors (Lipinski definition) is 3. The molecule has 2 aromatic carbocycles. The van der Waals surface area contributed by atoms with Crippen molar-refractivity contribution in [3.63, 3.8) is 0 Å². The molecular weight excluding hydrogens is 370 g/mol. The predicted molar refractivity (Wildman–Crippen MR) is 116 cm³/mol. The number of rotatable bonds is 8. The molecule has 3 rings (SSSR count). The SMILES string of the molecule is CCOc1cccc(CNC2CCCCCCC2)c1OCc1ccc(Cl)cc1. The quantitative estimate of drug-likeness (QED) is 0.546. The first-order chi connectivity index (χ1) is 13.8. The van der Waals surface area contributed by atoms with Crippen LogP contribution in [0.2, 0.25) is 5.02 Å². The van der Waals surface area contributed by atoms with Gasteiger partial charge in [0.25, 0.3) is 0 Å². The van der Waals surface area contributed by atoms with Gasteiger partial charge in [0.15, 0.2) is 11.5 Å². The van der Waals surface area contributed by atoms with Crippen LogP contribution in [0.25, 0.3) is 0 Å². The number of nitrogens with one attached hydrogen (secondary N) is 1. The lowest BCUT2D eigenvalue weighted by molar-refractivity contribution is 0.265. The fraction of sp³-hybridized carbons (Fsp3) is 0.500. The maximum absolute atomic E-state index is 6.22. The highest BCUT2D eigenvalue weighted by Crippen LogP contribution is 2.32. The van der Waals surface area contributed by atoms with Crippen molar-refractivity contribution in [2.75, 3.05) is 6.61 Å². The van der Waals surface area contributed by atoms with Gasteiger partial charge in [-0.2, -0.15) is 0 Å². The number of benzene rings is 2. The molecule has 0 radical (unpaired) electrons. The molecule has 0 bridgehead atoms. The van der Waals surface area contributed by atoms with Gasteiger partial charge in [-0.15, -0.1) is 0 Å².